The molecule has 4 rings (SSSR count). The van der Waals surface area contributed by atoms with Crippen molar-refractivity contribution < 1.29 is 41.7 Å². The van der Waals surface area contributed by atoms with Crippen molar-refractivity contribution in [1.29, 1.82) is 0 Å². The molecule has 10 nitrogen and oxygen atoms in total. The van der Waals surface area contributed by atoms with E-state index in [9.17, 15) is 22.8 Å². The first-order valence-electron chi connectivity index (χ1n) is 13.7. The molecule has 3 N–H and O–H groups in total. The number of carbonyl (C=O) groups excluding carboxylic acids is 2. The number of benzene rings is 2. The third-order valence-electron chi connectivity index (χ3n) is 6.22. The zero-order valence-electron chi connectivity index (χ0n) is 23.6. The van der Waals surface area contributed by atoms with Crippen LogP contribution in [0.2, 0.25) is 0 Å². The Balaban J connectivity index is 1.07. The molecule has 0 radical (unpaired) electrons. The van der Waals surface area contributed by atoms with Crippen LogP contribution in [0.25, 0.3) is 11.1 Å². The van der Waals surface area contributed by atoms with Crippen LogP contribution < -0.4 is 20.7 Å². The van der Waals surface area contributed by atoms with Gasteiger partial charge in [-0.3, -0.25) is 9.59 Å². The molecule has 0 spiro atoms. The lowest BCUT2D eigenvalue weighted by molar-refractivity contribution is -0.137. The molecule has 0 atom stereocenters. The Morgan fingerprint density at radius 2 is 1.60 bits per heavy atom. The lowest BCUT2D eigenvalue weighted by Gasteiger charge is -2.15. The van der Waals surface area contributed by atoms with E-state index in [2.05, 4.69) is 20.9 Å². The predicted molar refractivity (Wildman–Crippen MR) is 154 cm³/mol. The Morgan fingerprint density at radius 3 is 2.28 bits per heavy atom. The molecule has 230 valence electrons. The van der Waals surface area contributed by atoms with E-state index in [0.717, 1.165) is 6.07 Å². The molecule has 0 unspecified atom stereocenters. The van der Waals surface area contributed by atoms with E-state index in [0.29, 0.717) is 67.9 Å². The van der Waals surface area contributed by atoms with E-state index in [-0.39, 0.29) is 42.8 Å². The van der Waals surface area contributed by atoms with Crippen LogP contribution in [0.1, 0.15) is 18.1 Å². The standard InChI is InChI=1S/C30H33F3N4O6/c1-20(38)36-23-3-5-24(6-4-23)43-15-14-42-13-12-41-11-10-40-9-8-34-28-18-26(30(31,32)33)25(19-35-28)21-2-7-27-22(16-21)17-29(39)37-27/h2-7,16,18-19H,8-15,17H2,1H3,(H,34,35)(H,36,38)(H,37,39). The average molecular weight is 603 g/mol. The van der Waals surface area contributed by atoms with Gasteiger partial charge in [0.1, 0.15) is 18.2 Å². The van der Waals surface area contributed by atoms with Crippen LogP contribution >= 0.6 is 0 Å². The van der Waals surface area contributed by atoms with Crippen LogP contribution in [-0.4, -0.2) is 69.6 Å². The topological polar surface area (TPSA) is 120 Å². The zero-order valence-corrected chi connectivity index (χ0v) is 23.6. The number of pyridine rings is 1. The molecule has 0 fully saturated rings. The third-order valence-corrected chi connectivity index (χ3v) is 6.22. The van der Waals surface area contributed by atoms with Gasteiger partial charge in [-0.1, -0.05) is 6.07 Å². The fourth-order valence-corrected chi connectivity index (χ4v) is 4.26. The van der Waals surface area contributed by atoms with Crippen molar-refractivity contribution in [3.05, 3.63) is 65.9 Å². The normalized spacial score (nSPS) is 12.5. The molecule has 0 saturated carbocycles. The smallest absolute Gasteiger partial charge is 0.417 e. The summed E-state index contributed by atoms with van der Waals surface area (Å²) >= 11 is 0. The van der Waals surface area contributed by atoms with Gasteiger partial charge in [-0.05, 0) is 53.6 Å². The monoisotopic (exact) mass is 602 g/mol. The summed E-state index contributed by atoms with van der Waals surface area (Å²) in [4.78, 5) is 26.8. The van der Waals surface area contributed by atoms with Crippen LogP contribution in [0.4, 0.5) is 30.4 Å². The van der Waals surface area contributed by atoms with Gasteiger partial charge in [0, 0.05) is 36.6 Å². The van der Waals surface area contributed by atoms with E-state index >= 15 is 0 Å². The lowest BCUT2D eigenvalue weighted by atomic mass is 9.98. The van der Waals surface area contributed by atoms with Gasteiger partial charge in [0.2, 0.25) is 11.8 Å². The number of hydrogen-bond acceptors (Lipinski definition) is 8. The minimum Gasteiger partial charge on any atom is -0.491 e. The first kappa shape index (κ1) is 31.7. The largest absolute Gasteiger partial charge is 0.491 e. The number of rotatable bonds is 16. The highest BCUT2D eigenvalue weighted by Gasteiger charge is 2.34. The second kappa shape index (κ2) is 15.3. The van der Waals surface area contributed by atoms with Gasteiger partial charge >= 0.3 is 6.18 Å². The van der Waals surface area contributed by atoms with Gasteiger partial charge in [0.15, 0.2) is 0 Å². The van der Waals surface area contributed by atoms with Crippen LogP contribution in [0.3, 0.4) is 0 Å². The highest BCUT2D eigenvalue weighted by Crippen LogP contribution is 2.39. The molecule has 1 aliphatic heterocycles. The molecule has 2 aromatic carbocycles. The number of anilines is 3. The molecule has 1 aliphatic rings. The van der Waals surface area contributed by atoms with Crippen molar-refractivity contribution >= 4 is 29.0 Å². The van der Waals surface area contributed by atoms with Crippen molar-refractivity contribution in [2.45, 2.75) is 19.5 Å². The van der Waals surface area contributed by atoms with Crippen molar-refractivity contribution in [1.82, 2.24) is 4.98 Å². The first-order valence-corrected chi connectivity index (χ1v) is 13.7. The maximum absolute atomic E-state index is 13.9. The molecule has 2 amide bonds. The van der Waals surface area contributed by atoms with E-state index < -0.39 is 11.7 Å². The number of fused-ring (bicyclic) bond motifs is 1. The van der Waals surface area contributed by atoms with E-state index in [1.165, 1.54) is 13.1 Å². The molecule has 1 aromatic heterocycles. The number of aromatic nitrogens is 1. The molecule has 0 bridgehead atoms. The summed E-state index contributed by atoms with van der Waals surface area (Å²) in [5, 5.41) is 8.21. The van der Waals surface area contributed by atoms with Gasteiger partial charge < -0.3 is 34.9 Å². The third kappa shape index (κ3) is 9.94. The van der Waals surface area contributed by atoms with Gasteiger partial charge in [0.05, 0.1) is 51.6 Å². The van der Waals surface area contributed by atoms with Gasteiger partial charge in [0.25, 0.3) is 0 Å². The summed E-state index contributed by atoms with van der Waals surface area (Å²) < 4.78 is 63.5. The molecule has 13 heteroatoms. The van der Waals surface area contributed by atoms with Crippen molar-refractivity contribution in [2.24, 2.45) is 0 Å². The summed E-state index contributed by atoms with van der Waals surface area (Å²) in [6.45, 7) is 4.12. The number of ether oxygens (including phenoxy) is 4. The van der Waals surface area contributed by atoms with E-state index in [1.807, 2.05) is 0 Å². The van der Waals surface area contributed by atoms with Crippen LogP contribution in [0.5, 0.6) is 5.75 Å². The first-order chi connectivity index (χ1) is 20.7. The predicted octanol–water partition coefficient (Wildman–Crippen LogP) is 4.76. The maximum atomic E-state index is 13.9. The van der Waals surface area contributed by atoms with E-state index in [4.69, 9.17) is 18.9 Å². The minimum absolute atomic E-state index is 0.0559. The number of hydrogen-bond donors (Lipinski definition) is 3. The summed E-state index contributed by atoms with van der Waals surface area (Å²) in [6.07, 6.45) is -3.27. The van der Waals surface area contributed by atoms with E-state index in [1.54, 1.807) is 42.5 Å². The molecule has 0 aliphatic carbocycles. The van der Waals surface area contributed by atoms with Crippen molar-refractivity contribution in [3.8, 4) is 16.9 Å². The van der Waals surface area contributed by atoms with Crippen LogP contribution in [-0.2, 0) is 36.4 Å². The average Bonchev–Trinajstić information content (AvgIpc) is 3.34. The molecule has 2 heterocycles. The summed E-state index contributed by atoms with van der Waals surface area (Å²) in [5.74, 6) is 0.422. The number of carbonyl (C=O) groups is 2. The number of nitrogens with zero attached hydrogens (tertiary/aromatic N) is 1. The summed E-state index contributed by atoms with van der Waals surface area (Å²) in [5.41, 5.74) is 1.43. The Hall–Kier alpha value is -4.20. The zero-order chi connectivity index (χ0) is 30.7. The number of halogens is 3. The quantitative estimate of drug-likeness (QED) is 0.201. The molecular weight excluding hydrogens is 569 g/mol. The Kier molecular flexibility index (Phi) is 11.3. The molecular formula is C30H33F3N4O6. The number of amides is 2. The van der Waals surface area contributed by atoms with Gasteiger partial charge in [-0.25, -0.2) is 4.98 Å². The summed E-state index contributed by atoms with van der Waals surface area (Å²) in [6, 6.07) is 12.7. The Morgan fingerprint density at radius 1 is 0.930 bits per heavy atom. The SMILES string of the molecule is CC(=O)Nc1ccc(OCCOCCOCCOCCNc2cc(C(F)(F)F)c(-c3ccc4c(c3)CC(=O)N4)cn2)cc1. The molecule has 3 aromatic rings. The number of alkyl halides is 3. The van der Waals surface area contributed by atoms with Crippen molar-refractivity contribution in [2.75, 3.05) is 68.7 Å². The van der Waals surface area contributed by atoms with Crippen LogP contribution in [0, 0.1) is 0 Å². The van der Waals surface area contributed by atoms with Gasteiger partial charge in [-0.15, -0.1) is 0 Å². The molecule has 43 heavy (non-hydrogen) atoms. The molecule has 0 saturated heterocycles. The lowest BCUT2D eigenvalue weighted by Crippen LogP contribution is -2.16. The number of nitrogens with one attached hydrogen (secondary N) is 3. The van der Waals surface area contributed by atoms with Crippen molar-refractivity contribution in [3.63, 3.8) is 0 Å². The minimum atomic E-state index is -4.59. The fraction of sp³-hybridized carbons (Fsp3) is 0.367. The Bertz CT molecular complexity index is 1390. The fourth-order valence-electron chi connectivity index (χ4n) is 4.26. The maximum Gasteiger partial charge on any atom is 0.417 e. The highest BCUT2D eigenvalue weighted by atomic mass is 19.4. The highest BCUT2D eigenvalue weighted by molar-refractivity contribution is 5.99. The second-order valence-electron chi connectivity index (χ2n) is 9.53. The van der Waals surface area contributed by atoms with Gasteiger partial charge in [-0.2, -0.15) is 13.2 Å². The van der Waals surface area contributed by atoms with Crippen LogP contribution in [0.15, 0.2) is 54.7 Å². The Labute approximate surface area is 246 Å². The summed E-state index contributed by atoms with van der Waals surface area (Å²) in [7, 11) is 0. The second-order valence-corrected chi connectivity index (χ2v) is 9.53.